The summed E-state index contributed by atoms with van der Waals surface area (Å²) in [6.45, 7) is 5.27. The Morgan fingerprint density at radius 3 is 2.65 bits per heavy atom. The Labute approximate surface area is 149 Å². The summed E-state index contributed by atoms with van der Waals surface area (Å²) in [5, 5.41) is 7.99. The second-order valence-corrected chi connectivity index (χ2v) is 7.36. The number of aromatic nitrogens is 3. The first-order chi connectivity index (χ1) is 12.1. The van der Waals surface area contributed by atoms with Gasteiger partial charge in [0.15, 0.2) is 5.69 Å². The number of carbonyl (C=O) groups is 1. The molecule has 1 aromatic heterocycles. The predicted octanol–water partition coefficient (Wildman–Crippen LogP) is 4.18. The number of halogens is 3. The fraction of sp³-hybridized carbons (Fsp3) is 0.500. The van der Waals surface area contributed by atoms with Crippen LogP contribution in [0.4, 0.5) is 13.2 Å². The van der Waals surface area contributed by atoms with Crippen molar-refractivity contribution in [3.05, 3.63) is 46.8 Å². The minimum atomic E-state index is -4.41. The molecule has 1 aliphatic rings. The lowest BCUT2D eigenvalue weighted by Gasteiger charge is -2.25. The molecule has 0 saturated carbocycles. The fourth-order valence-corrected chi connectivity index (χ4v) is 3.10. The molecule has 2 heterocycles. The first-order valence-corrected chi connectivity index (χ1v) is 8.41. The second-order valence-electron chi connectivity index (χ2n) is 7.36. The zero-order chi connectivity index (χ0) is 19.1. The van der Waals surface area contributed by atoms with Gasteiger partial charge in [0.2, 0.25) is 0 Å². The van der Waals surface area contributed by atoms with Crippen LogP contribution in [-0.4, -0.2) is 26.6 Å². The number of hydrogen-bond acceptors (Lipinski definition) is 4. The van der Waals surface area contributed by atoms with Gasteiger partial charge in [0.05, 0.1) is 17.3 Å². The van der Waals surface area contributed by atoms with E-state index in [1.165, 1.54) is 6.07 Å². The van der Waals surface area contributed by atoms with Gasteiger partial charge < -0.3 is 4.74 Å². The summed E-state index contributed by atoms with van der Waals surface area (Å²) in [5.41, 5.74) is -0.122. The number of hydrogen-bond donors (Lipinski definition) is 0. The van der Waals surface area contributed by atoms with E-state index in [2.05, 4.69) is 10.3 Å². The average molecular weight is 367 g/mol. The Morgan fingerprint density at radius 1 is 1.27 bits per heavy atom. The third-order valence-corrected chi connectivity index (χ3v) is 4.17. The molecule has 0 amide bonds. The Bertz CT molecular complexity index is 822. The van der Waals surface area contributed by atoms with E-state index in [-0.39, 0.29) is 11.7 Å². The topological polar surface area (TPSA) is 57.0 Å². The molecule has 0 bridgehead atoms. The van der Waals surface area contributed by atoms with E-state index in [1.807, 2.05) is 0 Å². The molecule has 8 heteroatoms. The standard InChI is InChI=1S/C18H20F3N3O2/c1-17(2,3)26-16(25)15-14-9-5-8-13(24(14)23-22-15)11-6-4-7-12(10-11)18(19,20)21/h4,6-7,10,13H,5,8-9H2,1-3H3. The Balaban J connectivity index is 1.95. The van der Waals surface area contributed by atoms with Crippen molar-refractivity contribution in [3.8, 4) is 0 Å². The molecule has 0 radical (unpaired) electrons. The van der Waals surface area contributed by atoms with Crippen LogP contribution in [0.5, 0.6) is 0 Å². The minimum Gasteiger partial charge on any atom is -0.455 e. The first kappa shape index (κ1) is 18.4. The number of esters is 1. The third kappa shape index (κ3) is 3.73. The van der Waals surface area contributed by atoms with Crippen molar-refractivity contribution in [2.45, 2.75) is 57.9 Å². The highest BCUT2D eigenvalue weighted by Crippen LogP contribution is 2.35. The van der Waals surface area contributed by atoms with E-state index in [4.69, 9.17) is 4.74 Å². The molecule has 140 valence electrons. The van der Waals surface area contributed by atoms with Crippen molar-refractivity contribution in [2.75, 3.05) is 0 Å². The third-order valence-electron chi connectivity index (χ3n) is 4.17. The number of rotatable bonds is 2. The first-order valence-electron chi connectivity index (χ1n) is 8.41. The van der Waals surface area contributed by atoms with Crippen LogP contribution in [0, 0.1) is 0 Å². The van der Waals surface area contributed by atoms with Crippen molar-refractivity contribution in [1.82, 2.24) is 15.0 Å². The van der Waals surface area contributed by atoms with Crippen LogP contribution in [0.25, 0.3) is 0 Å². The van der Waals surface area contributed by atoms with Gasteiger partial charge in [-0.1, -0.05) is 17.3 Å². The summed E-state index contributed by atoms with van der Waals surface area (Å²) in [4.78, 5) is 12.3. The molecule has 0 N–H and O–H groups in total. The van der Waals surface area contributed by atoms with Crippen LogP contribution in [0.15, 0.2) is 24.3 Å². The van der Waals surface area contributed by atoms with E-state index in [0.29, 0.717) is 24.1 Å². The van der Waals surface area contributed by atoms with Crippen LogP contribution in [-0.2, 0) is 17.3 Å². The molecular formula is C18H20F3N3O2. The zero-order valence-corrected chi connectivity index (χ0v) is 14.8. The van der Waals surface area contributed by atoms with E-state index >= 15 is 0 Å². The maximum absolute atomic E-state index is 13.0. The summed E-state index contributed by atoms with van der Waals surface area (Å²) in [5.74, 6) is -0.566. The van der Waals surface area contributed by atoms with Gasteiger partial charge in [-0.2, -0.15) is 13.2 Å². The van der Waals surface area contributed by atoms with Gasteiger partial charge >= 0.3 is 12.1 Å². The highest BCUT2D eigenvalue weighted by atomic mass is 19.4. The van der Waals surface area contributed by atoms with Crippen LogP contribution in [0.1, 0.15) is 67.0 Å². The number of carbonyl (C=O) groups excluding carboxylic acids is 1. The highest BCUT2D eigenvalue weighted by molar-refractivity contribution is 5.88. The van der Waals surface area contributed by atoms with Crippen molar-refractivity contribution in [2.24, 2.45) is 0 Å². The van der Waals surface area contributed by atoms with Crippen molar-refractivity contribution in [3.63, 3.8) is 0 Å². The highest BCUT2D eigenvalue weighted by Gasteiger charge is 2.34. The van der Waals surface area contributed by atoms with Gasteiger partial charge in [0.1, 0.15) is 5.60 Å². The Hall–Kier alpha value is -2.38. The van der Waals surface area contributed by atoms with Crippen LogP contribution in [0.3, 0.4) is 0 Å². The summed E-state index contributed by atoms with van der Waals surface area (Å²) < 4.78 is 45.9. The molecule has 1 aliphatic heterocycles. The molecule has 1 aromatic carbocycles. The molecule has 1 atom stereocenters. The van der Waals surface area contributed by atoms with E-state index in [1.54, 1.807) is 31.5 Å². The summed E-state index contributed by atoms with van der Waals surface area (Å²) in [6, 6.07) is 4.82. The van der Waals surface area contributed by atoms with Gasteiger partial charge in [-0.15, -0.1) is 5.10 Å². The number of alkyl halides is 3. The van der Waals surface area contributed by atoms with Gasteiger partial charge in [-0.3, -0.25) is 0 Å². The Morgan fingerprint density at radius 2 is 2.00 bits per heavy atom. The minimum absolute atomic E-state index is 0.136. The number of benzene rings is 1. The SMILES string of the molecule is CC(C)(C)OC(=O)c1nnn2c1CCCC2c1cccc(C(F)(F)F)c1. The van der Waals surface area contributed by atoms with Gasteiger partial charge in [0.25, 0.3) is 0 Å². The zero-order valence-electron chi connectivity index (χ0n) is 14.8. The maximum Gasteiger partial charge on any atom is 0.416 e. The molecule has 5 nitrogen and oxygen atoms in total. The molecule has 0 saturated heterocycles. The fourth-order valence-electron chi connectivity index (χ4n) is 3.10. The molecular weight excluding hydrogens is 347 g/mol. The summed E-state index contributed by atoms with van der Waals surface area (Å²) >= 11 is 0. The smallest absolute Gasteiger partial charge is 0.416 e. The van der Waals surface area contributed by atoms with Crippen LogP contribution >= 0.6 is 0 Å². The lowest BCUT2D eigenvalue weighted by atomic mass is 9.94. The Kier molecular flexibility index (Phi) is 4.54. The van der Waals surface area contributed by atoms with Gasteiger partial charge in [-0.25, -0.2) is 9.48 Å². The summed E-state index contributed by atoms with van der Waals surface area (Å²) in [6.07, 6.45) is -2.47. The maximum atomic E-state index is 13.0. The normalized spacial score (nSPS) is 17.7. The molecule has 0 fully saturated rings. The van der Waals surface area contributed by atoms with E-state index in [0.717, 1.165) is 18.6 Å². The molecule has 26 heavy (non-hydrogen) atoms. The number of fused-ring (bicyclic) bond motifs is 1. The molecule has 0 aliphatic carbocycles. The van der Waals surface area contributed by atoms with Crippen LogP contribution in [0.2, 0.25) is 0 Å². The van der Waals surface area contributed by atoms with Crippen molar-refractivity contribution >= 4 is 5.97 Å². The largest absolute Gasteiger partial charge is 0.455 e. The predicted molar refractivity (Wildman–Crippen MR) is 87.7 cm³/mol. The molecule has 2 aromatic rings. The lowest BCUT2D eigenvalue weighted by Crippen LogP contribution is -2.26. The number of ether oxygens (including phenoxy) is 1. The summed E-state index contributed by atoms with van der Waals surface area (Å²) in [7, 11) is 0. The molecule has 1 unspecified atom stereocenters. The van der Waals surface area contributed by atoms with Gasteiger partial charge in [0, 0.05) is 0 Å². The molecule has 3 rings (SSSR count). The van der Waals surface area contributed by atoms with Crippen LogP contribution < -0.4 is 0 Å². The van der Waals surface area contributed by atoms with Gasteiger partial charge in [-0.05, 0) is 57.7 Å². The average Bonchev–Trinajstić information content (AvgIpc) is 2.96. The van der Waals surface area contributed by atoms with E-state index in [9.17, 15) is 18.0 Å². The van der Waals surface area contributed by atoms with Crippen molar-refractivity contribution < 1.29 is 22.7 Å². The monoisotopic (exact) mass is 367 g/mol. The second kappa shape index (κ2) is 6.41. The van der Waals surface area contributed by atoms with E-state index < -0.39 is 23.3 Å². The molecule has 0 spiro atoms. The number of nitrogens with zero attached hydrogens (tertiary/aromatic N) is 3. The van der Waals surface area contributed by atoms with Crippen molar-refractivity contribution in [1.29, 1.82) is 0 Å². The lowest BCUT2D eigenvalue weighted by molar-refractivity contribution is -0.137. The quantitative estimate of drug-likeness (QED) is 0.748.